The molecule has 2 aliphatic rings. The standard InChI is InChI=1S/C34H39N3O4/c1-23(24-15-7-3-8-16-24)35-32(38)31-28(25-17-9-4-10-18-25)29(33(39)41-2)30(26-19-11-5-12-20-26)37(31)34(40)36-27-21-13-6-14-22-27/h3-5,7-12,15-20,23,27-31H,6,13-14,21-22H2,1-2H3,(H,35,38)(H,36,40). The van der Waals surface area contributed by atoms with Crippen molar-refractivity contribution in [1.29, 1.82) is 0 Å². The predicted octanol–water partition coefficient (Wildman–Crippen LogP) is 5.90. The van der Waals surface area contributed by atoms with Gasteiger partial charge in [-0.1, -0.05) is 110 Å². The zero-order valence-corrected chi connectivity index (χ0v) is 23.7. The number of esters is 1. The molecule has 41 heavy (non-hydrogen) atoms. The first-order valence-electron chi connectivity index (χ1n) is 14.6. The lowest BCUT2D eigenvalue weighted by atomic mass is 9.79. The van der Waals surface area contributed by atoms with Gasteiger partial charge in [-0.2, -0.15) is 0 Å². The monoisotopic (exact) mass is 553 g/mol. The van der Waals surface area contributed by atoms with E-state index >= 15 is 0 Å². The number of ether oxygens (including phenoxy) is 1. The van der Waals surface area contributed by atoms with Crippen molar-refractivity contribution in [3.8, 4) is 0 Å². The SMILES string of the molecule is COC(=O)C1C(c2ccccc2)C(C(=O)NC(C)c2ccccc2)N(C(=O)NC2CCCCC2)C1c1ccccc1. The summed E-state index contributed by atoms with van der Waals surface area (Å²) in [6, 6.07) is 26.6. The van der Waals surface area contributed by atoms with Crippen molar-refractivity contribution < 1.29 is 19.1 Å². The van der Waals surface area contributed by atoms with Gasteiger partial charge in [-0.25, -0.2) is 4.79 Å². The van der Waals surface area contributed by atoms with Crippen LogP contribution in [0.15, 0.2) is 91.0 Å². The molecule has 1 saturated heterocycles. The van der Waals surface area contributed by atoms with E-state index in [-0.39, 0.29) is 24.0 Å². The number of nitrogens with zero attached hydrogens (tertiary/aromatic N) is 1. The number of nitrogens with one attached hydrogen (secondary N) is 2. The van der Waals surface area contributed by atoms with Gasteiger partial charge >= 0.3 is 12.0 Å². The Balaban J connectivity index is 1.62. The van der Waals surface area contributed by atoms with Gasteiger partial charge in [0.2, 0.25) is 5.91 Å². The molecule has 1 aliphatic heterocycles. The highest BCUT2D eigenvalue weighted by Crippen LogP contribution is 2.50. The molecule has 5 atom stereocenters. The molecular formula is C34H39N3O4. The highest BCUT2D eigenvalue weighted by molar-refractivity contribution is 5.92. The van der Waals surface area contributed by atoms with Crippen LogP contribution in [0.5, 0.6) is 0 Å². The summed E-state index contributed by atoms with van der Waals surface area (Å²) >= 11 is 0. The average molecular weight is 554 g/mol. The molecule has 5 unspecified atom stereocenters. The maximum atomic E-state index is 14.4. The second kappa shape index (κ2) is 13.0. The molecule has 1 saturated carbocycles. The molecule has 7 heteroatoms. The van der Waals surface area contributed by atoms with Crippen molar-refractivity contribution in [2.75, 3.05) is 7.11 Å². The van der Waals surface area contributed by atoms with Gasteiger partial charge < -0.3 is 20.3 Å². The quantitative estimate of drug-likeness (QED) is 0.357. The molecular weight excluding hydrogens is 514 g/mol. The van der Waals surface area contributed by atoms with Gasteiger partial charge in [-0.3, -0.25) is 9.59 Å². The summed E-state index contributed by atoms with van der Waals surface area (Å²) in [7, 11) is 1.36. The molecule has 0 aromatic heterocycles. The maximum absolute atomic E-state index is 14.4. The number of hydrogen-bond donors (Lipinski definition) is 2. The molecule has 2 fully saturated rings. The first kappa shape index (κ1) is 28.4. The molecule has 1 heterocycles. The highest BCUT2D eigenvalue weighted by atomic mass is 16.5. The zero-order chi connectivity index (χ0) is 28.8. The normalized spacial score (nSPS) is 23.4. The largest absolute Gasteiger partial charge is 0.469 e. The van der Waals surface area contributed by atoms with Crippen molar-refractivity contribution >= 4 is 17.9 Å². The van der Waals surface area contributed by atoms with Gasteiger partial charge in [0, 0.05) is 12.0 Å². The summed E-state index contributed by atoms with van der Waals surface area (Å²) in [5.41, 5.74) is 2.55. The third kappa shape index (κ3) is 6.14. The van der Waals surface area contributed by atoms with Crippen LogP contribution in [0.3, 0.4) is 0 Å². The fourth-order valence-corrected chi connectivity index (χ4v) is 6.57. The molecule has 3 aromatic rings. The number of urea groups is 1. The Kier molecular flexibility index (Phi) is 9.02. The zero-order valence-electron chi connectivity index (χ0n) is 23.7. The van der Waals surface area contributed by atoms with Gasteiger partial charge in [0.15, 0.2) is 0 Å². The first-order valence-corrected chi connectivity index (χ1v) is 14.6. The van der Waals surface area contributed by atoms with E-state index in [4.69, 9.17) is 4.74 Å². The van der Waals surface area contributed by atoms with E-state index in [0.717, 1.165) is 48.8 Å². The number of methoxy groups -OCH3 is 1. The number of likely N-dealkylation sites (tertiary alicyclic amines) is 1. The van der Waals surface area contributed by atoms with E-state index in [0.29, 0.717) is 0 Å². The number of benzene rings is 3. The fourth-order valence-electron chi connectivity index (χ4n) is 6.57. The molecule has 3 aromatic carbocycles. The van der Waals surface area contributed by atoms with E-state index in [1.54, 1.807) is 4.90 Å². The summed E-state index contributed by atoms with van der Waals surface area (Å²) in [5.74, 6) is -2.16. The van der Waals surface area contributed by atoms with Gasteiger partial charge in [0.05, 0.1) is 25.1 Å². The Hall–Kier alpha value is -4.13. The maximum Gasteiger partial charge on any atom is 0.318 e. The van der Waals surface area contributed by atoms with Crippen LogP contribution in [0.2, 0.25) is 0 Å². The molecule has 3 amide bonds. The highest BCUT2D eigenvalue weighted by Gasteiger charge is 2.58. The summed E-state index contributed by atoms with van der Waals surface area (Å²) in [6.45, 7) is 1.93. The molecule has 0 bridgehead atoms. The van der Waals surface area contributed by atoms with Crippen molar-refractivity contribution in [1.82, 2.24) is 15.5 Å². The molecule has 0 spiro atoms. The Bertz CT molecular complexity index is 1310. The van der Waals surface area contributed by atoms with Crippen LogP contribution in [-0.4, -0.2) is 42.0 Å². The van der Waals surface area contributed by atoms with E-state index in [1.165, 1.54) is 7.11 Å². The molecule has 2 N–H and O–H groups in total. The minimum atomic E-state index is -0.943. The molecule has 7 nitrogen and oxygen atoms in total. The fraction of sp³-hybridized carbons (Fsp3) is 0.382. The van der Waals surface area contributed by atoms with E-state index in [2.05, 4.69) is 10.6 Å². The summed E-state index contributed by atoms with van der Waals surface area (Å²) in [4.78, 5) is 43.9. The number of rotatable bonds is 7. The Morgan fingerprint density at radius 3 is 1.95 bits per heavy atom. The van der Waals surface area contributed by atoms with Crippen molar-refractivity contribution in [3.05, 3.63) is 108 Å². The van der Waals surface area contributed by atoms with E-state index < -0.39 is 29.9 Å². The topological polar surface area (TPSA) is 87.7 Å². The van der Waals surface area contributed by atoms with Crippen molar-refractivity contribution in [3.63, 3.8) is 0 Å². The third-order valence-corrected chi connectivity index (χ3v) is 8.56. The Morgan fingerprint density at radius 1 is 0.805 bits per heavy atom. The van der Waals surface area contributed by atoms with Crippen LogP contribution in [-0.2, 0) is 14.3 Å². The second-order valence-corrected chi connectivity index (χ2v) is 11.1. The lowest BCUT2D eigenvalue weighted by molar-refractivity contribution is -0.146. The average Bonchev–Trinajstić information content (AvgIpc) is 3.39. The Morgan fingerprint density at radius 2 is 1.37 bits per heavy atom. The second-order valence-electron chi connectivity index (χ2n) is 11.1. The van der Waals surface area contributed by atoms with Crippen LogP contribution in [0.1, 0.15) is 73.7 Å². The van der Waals surface area contributed by atoms with Crippen LogP contribution in [0.25, 0.3) is 0 Å². The summed E-state index contributed by atoms with van der Waals surface area (Å²) < 4.78 is 5.37. The lowest BCUT2D eigenvalue weighted by Crippen LogP contribution is -2.54. The molecule has 214 valence electrons. The van der Waals surface area contributed by atoms with Gasteiger partial charge in [-0.15, -0.1) is 0 Å². The third-order valence-electron chi connectivity index (χ3n) is 8.56. The van der Waals surface area contributed by atoms with Crippen molar-refractivity contribution in [2.45, 2.75) is 69.1 Å². The number of carbonyl (C=O) groups is 3. The van der Waals surface area contributed by atoms with E-state index in [9.17, 15) is 14.4 Å². The van der Waals surface area contributed by atoms with Crippen molar-refractivity contribution in [2.24, 2.45) is 5.92 Å². The minimum Gasteiger partial charge on any atom is -0.469 e. The van der Waals surface area contributed by atoms with Crippen LogP contribution in [0.4, 0.5) is 4.79 Å². The van der Waals surface area contributed by atoms with Crippen LogP contribution < -0.4 is 10.6 Å². The van der Waals surface area contributed by atoms with Gasteiger partial charge in [0.1, 0.15) is 6.04 Å². The van der Waals surface area contributed by atoms with Crippen LogP contribution >= 0.6 is 0 Å². The molecule has 0 radical (unpaired) electrons. The van der Waals surface area contributed by atoms with Gasteiger partial charge in [-0.05, 0) is 36.5 Å². The molecule has 5 rings (SSSR count). The summed E-state index contributed by atoms with van der Waals surface area (Å²) in [6.07, 6.45) is 5.08. The smallest absolute Gasteiger partial charge is 0.318 e. The number of carbonyl (C=O) groups excluding carboxylic acids is 3. The first-order chi connectivity index (χ1) is 20.0. The van der Waals surface area contributed by atoms with E-state index in [1.807, 2.05) is 97.9 Å². The number of amides is 3. The van der Waals surface area contributed by atoms with Crippen LogP contribution in [0, 0.1) is 5.92 Å². The number of hydrogen-bond acceptors (Lipinski definition) is 4. The predicted molar refractivity (Wildman–Crippen MR) is 158 cm³/mol. The summed E-state index contributed by atoms with van der Waals surface area (Å²) in [5, 5.41) is 6.40. The minimum absolute atomic E-state index is 0.0342. The lowest BCUT2D eigenvalue weighted by Gasteiger charge is -2.34. The van der Waals surface area contributed by atoms with Gasteiger partial charge in [0.25, 0.3) is 0 Å². The Labute approximate surface area is 242 Å². The molecule has 1 aliphatic carbocycles.